The number of aliphatic hydroxyl groups excluding tert-OH is 1. The van der Waals surface area contributed by atoms with Crippen LogP contribution in [0.2, 0.25) is 0 Å². The van der Waals surface area contributed by atoms with E-state index in [1.54, 1.807) is 0 Å². The molecule has 4 unspecified atom stereocenters. The second kappa shape index (κ2) is 4.63. The fourth-order valence-corrected chi connectivity index (χ4v) is 3.73. The van der Waals surface area contributed by atoms with Gasteiger partial charge >= 0.3 is 0 Å². The van der Waals surface area contributed by atoms with Crippen LogP contribution in [0, 0.1) is 17.8 Å². The summed E-state index contributed by atoms with van der Waals surface area (Å²) in [5.74, 6) is 2.88. The summed E-state index contributed by atoms with van der Waals surface area (Å²) in [5, 5.41) is 9.16. The number of rotatable bonds is 5. The highest BCUT2D eigenvalue weighted by Crippen LogP contribution is 2.48. The second-order valence-electron chi connectivity index (χ2n) is 6.44. The van der Waals surface area contributed by atoms with Gasteiger partial charge in [-0.2, -0.15) is 0 Å². The number of aliphatic hydroxyl groups is 1. The van der Waals surface area contributed by atoms with Crippen molar-refractivity contribution in [2.24, 2.45) is 23.5 Å². The molecule has 0 aromatic heterocycles. The third kappa shape index (κ3) is 2.76. The van der Waals surface area contributed by atoms with Crippen LogP contribution < -0.4 is 5.73 Å². The number of likely N-dealkylation sites (N-methyl/N-ethyl adjacent to an activating group) is 1. The quantitative estimate of drug-likeness (QED) is 0.737. The van der Waals surface area contributed by atoms with E-state index in [1.165, 1.54) is 25.7 Å². The smallest absolute Gasteiger partial charge is 0.0621 e. The van der Waals surface area contributed by atoms with Crippen LogP contribution in [0.1, 0.15) is 32.6 Å². The molecule has 2 aliphatic carbocycles. The number of hydrogen-bond acceptors (Lipinski definition) is 3. The molecule has 0 aliphatic heterocycles. The molecule has 0 radical (unpaired) electrons. The maximum absolute atomic E-state index is 9.16. The fraction of sp³-hybridized carbons (Fsp3) is 1.00. The van der Waals surface area contributed by atoms with Crippen molar-refractivity contribution in [2.75, 3.05) is 26.7 Å². The van der Waals surface area contributed by atoms with E-state index >= 15 is 0 Å². The van der Waals surface area contributed by atoms with E-state index in [0.717, 1.165) is 30.8 Å². The van der Waals surface area contributed by atoms with Crippen molar-refractivity contribution < 1.29 is 5.11 Å². The molecule has 2 aliphatic rings. The van der Waals surface area contributed by atoms with Crippen molar-refractivity contribution in [1.82, 2.24) is 4.90 Å². The Morgan fingerprint density at radius 3 is 2.62 bits per heavy atom. The van der Waals surface area contributed by atoms with Gasteiger partial charge in [0, 0.05) is 18.6 Å². The molecule has 2 fully saturated rings. The first-order valence-electron chi connectivity index (χ1n) is 6.58. The minimum atomic E-state index is -0.452. The highest BCUT2D eigenvalue weighted by Gasteiger charge is 2.39. The normalized spacial score (nSPS) is 36.9. The second-order valence-corrected chi connectivity index (χ2v) is 6.44. The van der Waals surface area contributed by atoms with Crippen molar-refractivity contribution in [1.29, 1.82) is 0 Å². The van der Waals surface area contributed by atoms with Crippen LogP contribution in [0.15, 0.2) is 0 Å². The minimum Gasteiger partial charge on any atom is -0.394 e. The lowest BCUT2D eigenvalue weighted by Gasteiger charge is -2.32. The third-order valence-corrected chi connectivity index (χ3v) is 4.42. The van der Waals surface area contributed by atoms with Gasteiger partial charge in [0.1, 0.15) is 0 Å². The van der Waals surface area contributed by atoms with E-state index in [1.807, 2.05) is 6.92 Å². The Hall–Kier alpha value is -0.120. The largest absolute Gasteiger partial charge is 0.394 e. The summed E-state index contributed by atoms with van der Waals surface area (Å²) in [6.45, 7) is 3.93. The summed E-state index contributed by atoms with van der Waals surface area (Å²) >= 11 is 0. The van der Waals surface area contributed by atoms with E-state index in [0.29, 0.717) is 0 Å². The molecule has 0 spiro atoms. The molecule has 16 heavy (non-hydrogen) atoms. The Labute approximate surface area is 99.0 Å². The number of fused-ring (bicyclic) bond motifs is 2. The third-order valence-electron chi connectivity index (χ3n) is 4.42. The molecular weight excluding hydrogens is 200 g/mol. The minimum absolute atomic E-state index is 0.0636. The van der Waals surface area contributed by atoms with Crippen LogP contribution in [0.4, 0.5) is 0 Å². The van der Waals surface area contributed by atoms with E-state index in [9.17, 15) is 0 Å². The van der Waals surface area contributed by atoms with Crippen LogP contribution in [0.25, 0.3) is 0 Å². The molecule has 2 bridgehead atoms. The first-order valence-corrected chi connectivity index (χ1v) is 6.58. The highest BCUT2D eigenvalue weighted by molar-refractivity contribution is 4.92. The SMILES string of the molecule is CN(CC1CC2CCC1C2)CC(C)(N)CO. The summed E-state index contributed by atoms with van der Waals surface area (Å²) in [7, 11) is 2.13. The van der Waals surface area contributed by atoms with Gasteiger partial charge in [0.25, 0.3) is 0 Å². The highest BCUT2D eigenvalue weighted by atomic mass is 16.3. The van der Waals surface area contributed by atoms with Gasteiger partial charge in [0.2, 0.25) is 0 Å². The molecule has 3 N–H and O–H groups in total. The van der Waals surface area contributed by atoms with Crippen LogP contribution >= 0.6 is 0 Å². The van der Waals surface area contributed by atoms with E-state index < -0.39 is 5.54 Å². The van der Waals surface area contributed by atoms with Gasteiger partial charge in [0.15, 0.2) is 0 Å². The summed E-state index contributed by atoms with van der Waals surface area (Å²) < 4.78 is 0. The van der Waals surface area contributed by atoms with Crippen LogP contribution in [-0.2, 0) is 0 Å². The summed E-state index contributed by atoms with van der Waals surface area (Å²) in [5.41, 5.74) is 5.52. The summed E-state index contributed by atoms with van der Waals surface area (Å²) in [4.78, 5) is 2.31. The molecule has 2 saturated carbocycles. The van der Waals surface area contributed by atoms with Crippen molar-refractivity contribution >= 4 is 0 Å². The van der Waals surface area contributed by atoms with Gasteiger partial charge in [0.05, 0.1) is 6.61 Å². The number of nitrogens with two attached hydrogens (primary N) is 1. The Kier molecular flexibility index (Phi) is 3.57. The number of nitrogens with zero attached hydrogens (tertiary/aromatic N) is 1. The monoisotopic (exact) mass is 226 g/mol. The van der Waals surface area contributed by atoms with E-state index in [-0.39, 0.29) is 6.61 Å². The molecule has 94 valence electrons. The Balaban J connectivity index is 1.77. The topological polar surface area (TPSA) is 49.5 Å². The van der Waals surface area contributed by atoms with Gasteiger partial charge in [-0.15, -0.1) is 0 Å². The van der Waals surface area contributed by atoms with Gasteiger partial charge in [-0.25, -0.2) is 0 Å². The average Bonchev–Trinajstić information content (AvgIpc) is 2.78. The fourth-order valence-electron chi connectivity index (χ4n) is 3.73. The molecule has 0 heterocycles. The Morgan fingerprint density at radius 1 is 1.38 bits per heavy atom. The van der Waals surface area contributed by atoms with E-state index in [4.69, 9.17) is 10.8 Å². The zero-order valence-corrected chi connectivity index (χ0v) is 10.7. The maximum Gasteiger partial charge on any atom is 0.0621 e. The molecule has 2 rings (SSSR count). The Bertz CT molecular complexity index is 242. The zero-order valence-electron chi connectivity index (χ0n) is 10.7. The Morgan fingerprint density at radius 2 is 2.12 bits per heavy atom. The first kappa shape index (κ1) is 12.3. The lowest BCUT2D eigenvalue weighted by atomic mass is 9.88. The molecule has 0 aromatic rings. The van der Waals surface area contributed by atoms with E-state index in [2.05, 4.69) is 11.9 Å². The van der Waals surface area contributed by atoms with Crippen molar-refractivity contribution in [2.45, 2.75) is 38.1 Å². The number of hydrogen-bond donors (Lipinski definition) is 2. The lowest BCUT2D eigenvalue weighted by Crippen LogP contribution is -2.50. The predicted molar refractivity (Wildman–Crippen MR) is 66.1 cm³/mol. The van der Waals surface area contributed by atoms with Crippen LogP contribution in [0.5, 0.6) is 0 Å². The zero-order chi connectivity index (χ0) is 11.8. The average molecular weight is 226 g/mol. The summed E-state index contributed by atoms with van der Waals surface area (Å²) in [6.07, 6.45) is 5.81. The van der Waals surface area contributed by atoms with Crippen molar-refractivity contribution in [3.05, 3.63) is 0 Å². The molecule has 0 saturated heterocycles. The lowest BCUT2D eigenvalue weighted by molar-refractivity contribution is 0.141. The van der Waals surface area contributed by atoms with Gasteiger partial charge < -0.3 is 15.7 Å². The molecule has 3 heteroatoms. The van der Waals surface area contributed by atoms with Gasteiger partial charge in [-0.1, -0.05) is 6.42 Å². The first-order chi connectivity index (χ1) is 7.50. The van der Waals surface area contributed by atoms with Crippen LogP contribution in [-0.4, -0.2) is 42.3 Å². The van der Waals surface area contributed by atoms with Gasteiger partial charge in [-0.05, 0) is 51.0 Å². The maximum atomic E-state index is 9.16. The van der Waals surface area contributed by atoms with Crippen molar-refractivity contribution in [3.63, 3.8) is 0 Å². The van der Waals surface area contributed by atoms with Gasteiger partial charge in [-0.3, -0.25) is 0 Å². The summed E-state index contributed by atoms with van der Waals surface area (Å²) in [6, 6.07) is 0. The predicted octanol–water partition coefficient (Wildman–Crippen LogP) is 1.06. The van der Waals surface area contributed by atoms with Crippen molar-refractivity contribution in [3.8, 4) is 0 Å². The molecular formula is C13H26N2O. The molecule has 3 nitrogen and oxygen atoms in total. The molecule has 0 aromatic carbocycles. The molecule has 4 atom stereocenters. The standard InChI is InChI=1S/C13H26N2O/c1-13(14,9-16)8-15(2)7-12-6-10-3-4-11(12)5-10/h10-12,16H,3-9,14H2,1-2H3. The van der Waals surface area contributed by atoms with Crippen LogP contribution in [0.3, 0.4) is 0 Å². The molecule has 0 amide bonds.